The minimum absolute atomic E-state index is 0.0793. The van der Waals surface area contributed by atoms with Crippen LogP contribution in [0.4, 0.5) is 0 Å². The summed E-state index contributed by atoms with van der Waals surface area (Å²) in [7, 11) is 0. The van der Waals surface area contributed by atoms with Crippen molar-refractivity contribution in [2.75, 3.05) is 6.54 Å². The third kappa shape index (κ3) is 4.28. The van der Waals surface area contributed by atoms with E-state index in [1.165, 1.54) is 6.92 Å². The third-order valence-electron chi connectivity index (χ3n) is 1.86. The van der Waals surface area contributed by atoms with Crippen LogP contribution >= 0.6 is 11.6 Å². The van der Waals surface area contributed by atoms with E-state index >= 15 is 0 Å². The van der Waals surface area contributed by atoms with Crippen LogP contribution in [0.25, 0.3) is 6.08 Å². The molecule has 0 aliphatic rings. The number of hydrogen-bond acceptors (Lipinski definition) is 2. The second-order valence-electron chi connectivity index (χ2n) is 3.28. The molecule has 1 amide bonds. The van der Waals surface area contributed by atoms with Crippen LogP contribution in [-0.2, 0) is 4.79 Å². The molecule has 1 aromatic rings. The maximum absolute atomic E-state index is 10.6. The molecule has 3 nitrogen and oxygen atoms in total. The van der Waals surface area contributed by atoms with E-state index in [1.807, 2.05) is 0 Å². The summed E-state index contributed by atoms with van der Waals surface area (Å²) in [6.45, 7) is 1.91. The number of hydrogen-bond donors (Lipinski definition) is 1. The van der Waals surface area contributed by atoms with Gasteiger partial charge in [-0.3, -0.25) is 9.59 Å². The van der Waals surface area contributed by atoms with Crippen LogP contribution < -0.4 is 5.32 Å². The normalized spacial score (nSPS) is 10.4. The first-order valence-electron chi connectivity index (χ1n) is 4.78. The number of carbonyl (C=O) groups is 2. The highest BCUT2D eigenvalue weighted by molar-refractivity contribution is 6.31. The minimum atomic E-state index is -0.0793. The maximum atomic E-state index is 10.6. The molecular weight excluding hydrogens is 226 g/mol. The van der Waals surface area contributed by atoms with Crippen molar-refractivity contribution in [1.82, 2.24) is 5.32 Å². The molecule has 0 aliphatic heterocycles. The molecule has 1 N–H and O–H groups in total. The molecule has 0 radical (unpaired) electrons. The first-order chi connectivity index (χ1) is 7.61. The van der Waals surface area contributed by atoms with Crippen LogP contribution in [0.2, 0.25) is 5.02 Å². The SMILES string of the molecule is CC(=O)NCC=Cc1cc(Cl)cc(C=O)c1. The van der Waals surface area contributed by atoms with Gasteiger partial charge in [0.25, 0.3) is 0 Å². The second kappa shape index (κ2) is 6.08. The summed E-state index contributed by atoms with van der Waals surface area (Å²) in [5.41, 5.74) is 1.37. The number of nitrogens with one attached hydrogen (secondary N) is 1. The molecule has 0 saturated heterocycles. The van der Waals surface area contributed by atoms with E-state index in [0.717, 1.165) is 11.8 Å². The van der Waals surface area contributed by atoms with Crippen LogP contribution in [0, 0.1) is 0 Å². The Morgan fingerprint density at radius 2 is 2.06 bits per heavy atom. The number of carbonyl (C=O) groups excluding carboxylic acids is 2. The molecule has 0 aromatic heterocycles. The van der Waals surface area contributed by atoms with Gasteiger partial charge in [-0.15, -0.1) is 0 Å². The van der Waals surface area contributed by atoms with E-state index in [4.69, 9.17) is 11.6 Å². The Bertz CT molecular complexity index is 427. The summed E-state index contributed by atoms with van der Waals surface area (Å²) >= 11 is 5.83. The van der Waals surface area contributed by atoms with Crippen molar-refractivity contribution in [1.29, 1.82) is 0 Å². The first kappa shape index (κ1) is 12.5. The lowest BCUT2D eigenvalue weighted by atomic mass is 10.1. The predicted molar refractivity (Wildman–Crippen MR) is 64.6 cm³/mol. The Morgan fingerprint density at radius 1 is 1.38 bits per heavy atom. The van der Waals surface area contributed by atoms with Crippen molar-refractivity contribution < 1.29 is 9.59 Å². The summed E-state index contributed by atoms with van der Waals surface area (Å²) < 4.78 is 0. The van der Waals surface area contributed by atoms with Gasteiger partial charge in [-0.25, -0.2) is 0 Å². The minimum Gasteiger partial charge on any atom is -0.353 e. The van der Waals surface area contributed by atoms with E-state index in [-0.39, 0.29) is 5.91 Å². The van der Waals surface area contributed by atoms with E-state index in [9.17, 15) is 9.59 Å². The number of amides is 1. The van der Waals surface area contributed by atoms with Crippen LogP contribution in [0.5, 0.6) is 0 Å². The fourth-order valence-corrected chi connectivity index (χ4v) is 1.45. The van der Waals surface area contributed by atoms with E-state index in [1.54, 1.807) is 30.4 Å². The third-order valence-corrected chi connectivity index (χ3v) is 2.08. The summed E-state index contributed by atoms with van der Waals surface area (Å²) in [6, 6.07) is 5.07. The van der Waals surface area contributed by atoms with E-state index in [0.29, 0.717) is 17.1 Å². The lowest BCUT2D eigenvalue weighted by molar-refractivity contribution is -0.118. The molecule has 0 saturated carbocycles. The number of halogens is 1. The van der Waals surface area contributed by atoms with Gasteiger partial charge >= 0.3 is 0 Å². The van der Waals surface area contributed by atoms with Crippen LogP contribution in [-0.4, -0.2) is 18.7 Å². The Morgan fingerprint density at radius 3 is 2.69 bits per heavy atom. The van der Waals surface area contributed by atoms with E-state index < -0.39 is 0 Å². The maximum Gasteiger partial charge on any atom is 0.217 e. The van der Waals surface area contributed by atoms with Gasteiger partial charge in [0.05, 0.1) is 0 Å². The molecule has 0 unspecified atom stereocenters. The van der Waals surface area contributed by atoms with Gasteiger partial charge in [-0.2, -0.15) is 0 Å². The molecule has 0 atom stereocenters. The quantitative estimate of drug-likeness (QED) is 0.817. The molecule has 16 heavy (non-hydrogen) atoms. The second-order valence-corrected chi connectivity index (χ2v) is 3.71. The standard InChI is InChI=1S/C12H12ClNO2/c1-9(16)14-4-2-3-10-5-11(8-15)7-12(13)6-10/h2-3,5-8H,4H2,1H3,(H,14,16). The zero-order valence-corrected chi connectivity index (χ0v) is 9.62. The lowest BCUT2D eigenvalue weighted by Crippen LogP contribution is -2.19. The van der Waals surface area contributed by atoms with Crippen molar-refractivity contribution >= 4 is 29.9 Å². The lowest BCUT2D eigenvalue weighted by Gasteiger charge is -1.98. The van der Waals surface area contributed by atoms with Crippen molar-refractivity contribution in [2.24, 2.45) is 0 Å². The van der Waals surface area contributed by atoms with Gasteiger partial charge < -0.3 is 5.32 Å². The highest BCUT2D eigenvalue weighted by Gasteiger charge is 1.96. The monoisotopic (exact) mass is 237 g/mol. The van der Waals surface area contributed by atoms with Gasteiger partial charge in [0.2, 0.25) is 5.91 Å². The molecule has 1 rings (SSSR count). The van der Waals surface area contributed by atoms with Crippen molar-refractivity contribution in [3.05, 3.63) is 40.4 Å². The average molecular weight is 238 g/mol. The Kier molecular flexibility index (Phi) is 4.73. The summed E-state index contributed by atoms with van der Waals surface area (Å²) in [4.78, 5) is 21.2. The molecule has 4 heteroatoms. The van der Waals surface area contributed by atoms with Crippen molar-refractivity contribution in [3.8, 4) is 0 Å². The number of aldehydes is 1. The highest BCUT2D eigenvalue weighted by atomic mass is 35.5. The number of rotatable bonds is 4. The van der Waals surface area contributed by atoms with Gasteiger partial charge in [0.15, 0.2) is 0 Å². The van der Waals surface area contributed by atoms with Crippen molar-refractivity contribution in [2.45, 2.75) is 6.92 Å². The average Bonchev–Trinajstić information content (AvgIpc) is 2.23. The van der Waals surface area contributed by atoms with Crippen LogP contribution in [0.15, 0.2) is 24.3 Å². The van der Waals surface area contributed by atoms with Gasteiger partial charge in [-0.05, 0) is 23.8 Å². The van der Waals surface area contributed by atoms with Gasteiger partial charge in [0, 0.05) is 24.1 Å². The topological polar surface area (TPSA) is 46.2 Å². The van der Waals surface area contributed by atoms with Gasteiger partial charge in [-0.1, -0.05) is 23.8 Å². The van der Waals surface area contributed by atoms with Crippen LogP contribution in [0.1, 0.15) is 22.8 Å². The molecule has 0 heterocycles. The molecular formula is C12H12ClNO2. The zero-order chi connectivity index (χ0) is 12.0. The van der Waals surface area contributed by atoms with Crippen molar-refractivity contribution in [3.63, 3.8) is 0 Å². The fraction of sp³-hybridized carbons (Fsp3) is 0.167. The molecule has 0 spiro atoms. The molecule has 84 valence electrons. The molecule has 0 bridgehead atoms. The van der Waals surface area contributed by atoms with Gasteiger partial charge in [0.1, 0.15) is 6.29 Å². The zero-order valence-electron chi connectivity index (χ0n) is 8.87. The largest absolute Gasteiger partial charge is 0.353 e. The summed E-state index contributed by atoms with van der Waals surface area (Å²) in [5, 5.41) is 3.15. The summed E-state index contributed by atoms with van der Waals surface area (Å²) in [6.07, 6.45) is 4.34. The highest BCUT2D eigenvalue weighted by Crippen LogP contribution is 2.15. The smallest absolute Gasteiger partial charge is 0.217 e. The Labute approximate surface area is 99.1 Å². The van der Waals surface area contributed by atoms with Crippen LogP contribution in [0.3, 0.4) is 0 Å². The molecule has 0 fully saturated rings. The number of benzene rings is 1. The summed E-state index contributed by atoms with van der Waals surface area (Å²) in [5.74, 6) is -0.0793. The fourth-order valence-electron chi connectivity index (χ4n) is 1.20. The molecule has 0 aliphatic carbocycles. The molecule has 1 aromatic carbocycles. The predicted octanol–water partition coefficient (Wildman–Crippen LogP) is 2.30. The first-order valence-corrected chi connectivity index (χ1v) is 5.16. The van der Waals surface area contributed by atoms with E-state index in [2.05, 4.69) is 5.32 Å². The Balaban J connectivity index is 2.69. The Hall–Kier alpha value is -1.61.